The van der Waals surface area contributed by atoms with E-state index in [0.29, 0.717) is 42.9 Å². The molecule has 2 unspecified atom stereocenters. The third-order valence-electron chi connectivity index (χ3n) is 6.39. The quantitative estimate of drug-likeness (QED) is 0.172. The van der Waals surface area contributed by atoms with Gasteiger partial charge in [0.1, 0.15) is 5.82 Å². The van der Waals surface area contributed by atoms with E-state index in [2.05, 4.69) is 15.3 Å². The maximum atomic E-state index is 14.0. The van der Waals surface area contributed by atoms with Crippen LogP contribution >= 0.6 is 11.6 Å². The fourth-order valence-corrected chi connectivity index (χ4v) is 4.51. The van der Waals surface area contributed by atoms with Gasteiger partial charge in [0.2, 0.25) is 5.28 Å². The second-order valence-corrected chi connectivity index (χ2v) is 9.40. The van der Waals surface area contributed by atoms with E-state index in [1.165, 1.54) is 0 Å². The Hall–Kier alpha value is -2.72. The second kappa shape index (κ2) is 12.7. The lowest BCUT2D eigenvalue weighted by atomic mass is 9.93. The summed E-state index contributed by atoms with van der Waals surface area (Å²) < 4.78 is 59.4. The molecule has 6 nitrogen and oxygen atoms in total. The van der Waals surface area contributed by atoms with Crippen LogP contribution in [0.1, 0.15) is 68.0 Å². The van der Waals surface area contributed by atoms with Crippen molar-refractivity contribution in [2.45, 2.75) is 64.6 Å². The summed E-state index contributed by atoms with van der Waals surface area (Å²) in [6.07, 6.45) is 2.60. The first-order chi connectivity index (χ1) is 17.5. The number of nitrogens with two attached hydrogens (primary N) is 1. The first-order valence-electron chi connectivity index (χ1n) is 12.3. The first-order valence-corrected chi connectivity index (χ1v) is 12.6. The number of alkyl halides is 3. The number of nitrogens with zero attached hydrogens (tertiary/aromatic N) is 2. The first kappa shape index (κ1) is 28.8. The average Bonchev–Trinajstić information content (AvgIpc) is 2.80. The third kappa shape index (κ3) is 7.64. The van der Waals surface area contributed by atoms with Gasteiger partial charge in [-0.3, -0.25) is 4.79 Å². The number of rotatable bonds is 8. The molecule has 2 atom stereocenters. The zero-order valence-electron chi connectivity index (χ0n) is 20.8. The fraction of sp³-hybridized carbons (Fsp3) is 0.500. The number of nitrogen functional groups attached to an aromatic ring is 1. The van der Waals surface area contributed by atoms with Gasteiger partial charge in [0, 0.05) is 24.7 Å². The van der Waals surface area contributed by atoms with Crippen molar-refractivity contribution in [3.8, 4) is 0 Å². The van der Waals surface area contributed by atoms with Crippen LogP contribution in [0.25, 0.3) is 0 Å². The molecule has 0 bridgehead atoms. The molecule has 0 radical (unpaired) electrons. The third-order valence-corrected chi connectivity index (χ3v) is 6.56. The molecule has 1 aromatic carbocycles. The Balaban J connectivity index is 1.84. The van der Waals surface area contributed by atoms with Crippen molar-refractivity contribution < 1.29 is 27.1 Å². The number of nitrogens with one attached hydrogen (secondary N) is 1. The number of benzene rings is 1. The van der Waals surface area contributed by atoms with E-state index in [1.54, 1.807) is 19.1 Å². The minimum Gasteiger partial charge on any atom is -0.396 e. The van der Waals surface area contributed by atoms with Crippen LogP contribution < -0.4 is 11.1 Å². The molecule has 1 aromatic heterocycles. The molecule has 202 valence electrons. The predicted octanol–water partition coefficient (Wildman–Crippen LogP) is 6.48. The van der Waals surface area contributed by atoms with Crippen molar-refractivity contribution >= 4 is 28.9 Å². The highest BCUT2D eigenvalue weighted by atomic mass is 35.5. The fourth-order valence-electron chi connectivity index (χ4n) is 4.32. The number of aryl methyl sites for hydroxylation is 1. The summed E-state index contributed by atoms with van der Waals surface area (Å²) in [5.41, 5.74) is 4.91. The van der Waals surface area contributed by atoms with Crippen LogP contribution in [0.5, 0.6) is 0 Å². The summed E-state index contributed by atoms with van der Waals surface area (Å²) in [5, 5.41) is 3.04. The number of carbonyl (C=O) groups excluding carboxylic acids is 1. The van der Waals surface area contributed by atoms with E-state index in [4.69, 9.17) is 22.1 Å². The topological polar surface area (TPSA) is 90.1 Å². The number of carbonyl (C=O) groups is 1. The summed E-state index contributed by atoms with van der Waals surface area (Å²) in [5.74, 6) is -1.25. The number of allylic oxidation sites excluding steroid dienone is 2. The van der Waals surface area contributed by atoms with Crippen LogP contribution in [-0.4, -0.2) is 29.0 Å². The van der Waals surface area contributed by atoms with Gasteiger partial charge in [0.25, 0.3) is 0 Å². The number of ketones is 1. The largest absolute Gasteiger partial charge is 0.419 e. The molecule has 1 saturated heterocycles. The van der Waals surface area contributed by atoms with Crippen LogP contribution in [0.15, 0.2) is 24.3 Å². The van der Waals surface area contributed by atoms with E-state index < -0.39 is 29.3 Å². The van der Waals surface area contributed by atoms with Crippen molar-refractivity contribution in [2.24, 2.45) is 5.92 Å². The highest BCUT2D eigenvalue weighted by Gasteiger charge is 2.36. The second-order valence-electron chi connectivity index (χ2n) is 9.06. The lowest BCUT2D eigenvalue weighted by molar-refractivity contribution is -0.140. The van der Waals surface area contributed by atoms with Crippen LogP contribution in [0.4, 0.5) is 29.1 Å². The molecule has 0 amide bonds. The Morgan fingerprint density at radius 1 is 1.27 bits per heavy atom. The SMILES string of the molecule is CCc1nc(Cl)nc(NC(C)c2cc(N)c(F)c(C(F)(F)F)c2)c1C/C=C/C(=O)C1CCCCOCC1. The van der Waals surface area contributed by atoms with E-state index >= 15 is 0 Å². The van der Waals surface area contributed by atoms with Gasteiger partial charge in [-0.1, -0.05) is 19.4 Å². The molecule has 0 saturated carbocycles. The van der Waals surface area contributed by atoms with E-state index in [9.17, 15) is 22.4 Å². The standard InChI is InChI=1S/C26H31ClF4N4O2/c1-3-21-18(8-6-9-22(36)16-7-4-5-11-37-12-10-16)24(35-25(27)34-21)33-15(2)17-13-19(26(29,30)31)23(28)20(32)14-17/h6,9,13-16H,3-5,7-8,10-12,32H2,1-2H3,(H,33,34,35)/b9-6+. The molecule has 3 N–H and O–H groups in total. The number of aromatic nitrogens is 2. The Bertz CT molecular complexity index is 1130. The van der Waals surface area contributed by atoms with Crippen LogP contribution in [0.3, 0.4) is 0 Å². The zero-order valence-corrected chi connectivity index (χ0v) is 21.6. The van der Waals surface area contributed by atoms with Crippen LogP contribution in [0, 0.1) is 11.7 Å². The monoisotopic (exact) mass is 542 g/mol. The number of halogens is 5. The smallest absolute Gasteiger partial charge is 0.396 e. The van der Waals surface area contributed by atoms with Gasteiger partial charge in [-0.15, -0.1) is 0 Å². The molecule has 11 heteroatoms. The number of hydrogen-bond donors (Lipinski definition) is 2. The maximum absolute atomic E-state index is 14.0. The molecular formula is C26H31ClF4N4O2. The summed E-state index contributed by atoms with van der Waals surface area (Å²) in [4.78, 5) is 21.3. The zero-order chi connectivity index (χ0) is 27.2. The van der Waals surface area contributed by atoms with E-state index in [0.717, 1.165) is 38.0 Å². The summed E-state index contributed by atoms with van der Waals surface area (Å²) in [7, 11) is 0. The molecule has 3 rings (SSSR count). The summed E-state index contributed by atoms with van der Waals surface area (Å²) in [6, 6.07) is 1.16. The number of hydrogen-bond acceptors (Lipinski definition) is 6. The normalized spacial score (nSPS) is 17.9. The number of ether oxygens (including phenoxy) is 1. The molecule has 1 fully saturated rings. The van der Waals surface area contributed by atoms with Gasteiger partial charge in [0.15, 0.2) is 11.6 Å². The average molecular weight is 543 g/mol. The van der Waals surface area contributed by atoms with Crippen molar-refractivity contribution in [1.82, 2.24) is 9.97 Å². The van der Waals surface area contributed by atoms with E-state index in [-0.39, 0.29) is 22.5 Å². The number of anilines is 2. The Morgan fingerprint density at radius 3 is 2.73 bits per heavy atom. The highest BCUT2D eigenvalue weighted by Crippen LogP contribution is 2.36. The lowest BCUT2D eigenvalue weighted by Crippen LogP contribution is -2.18. The molecule has 2 heterocycles. The summed E-state index contributed by atoms with van der Waals surface area (Å²) >= 11 is 6.11. The Kier molecular flexibility index (Phi) is 9.89. The van der Waals surface area contributed by atoms with Gasteiger partial charge >= 0.3 is 6.18 Å². The van der Waals surface area contributed by atoms with E-state index in [1.807, 2.05) is 6.92 Å². The molecule has 1 aliphatic rings. The molecule has 2 aromatic rings. The summed E-state index contributed by atoms with van der Waals surface area (Å²) in [6.45, 7) is 4.78. The van der Waals surface area contributed by atoms with Crippen molar-refractivity contribution in [1.29, 1.82) is 0 Å². The Labute approximate surface area is 218 Å². The molecule has 0 spiro atoms. The van der Waals surface area contributed by atoms with Crippen LogP contribution in [-0.2, 0) is 28.5 Å². The predicted molar refractivity (Wildman–Crippen MR) is 135 cm³/mol. The minimum absolute atomic E-state index is 0.0283. The van der Waals surface area contributed by atoms with Crippen molar-refractivity contribution in [2.75, 3.05) is 24.3 Å². The van der Waals surface area contributed by atoms with Gasteiger partial charge in [-0.25, -0.2) is 14.4 Å². The lowest BCUT2D eigenvalue weighted by Gasteiger charge is -2.21. The van der Waals surface area contributed by atoms with Gasteiger partial charge in [-0.05, 0) is 74.4 Å². The molecule has 1 aliphatic heterocycles. The molecular weight excluding hydrogens is 512 g/mol. The van der Waals surface area contributed by atoms with Gasteiger partial charge < -0.3 is 15.8 Å². The minimum atomic E-state index is -4.90. The Morgan fingerprint density at radius 2 is 2.03 bits per heavy atom. The van der Waals surface area contributed by atoms with Crippen molar-refractivity contribution in [3.05, 3.63) is 57.8 Å². The molecule has 37 heavy (non-hydrogen) atoms. The maximum Gasteiger partial charge on any atom is 0.419 e. The van der Waals surface area contributed by atoms with Crippen molar-refractivity contribution in [3.63, 3.8) is 0 Å². The highest BCUT2D eigenvalue weighted by molar-refractivity contribution is 6.28. The molecule has 0 aliphatic carbocycles. The van der Waals surface area contributed by atoms with Gasteiger partial charge in [-0.2, -0.15) is 13.2 Å². The van der Waals surface area contributed by atoms with Gasteiger partial charge in [0.05, 0.1) is 23.0 Å². The van der Waals surface area contributed by atoms with Crippen LogP contribution in [0.2, 0.25) is 5.28 Å².